The van der Waals surface area contributed by atoms with Crippen LogP contribution in [-0.4, -0.2) is 32.6 Å². The Morgan fingerprint density at radius 3 is 2.67 bits per heavy atom. The molecule has 4 nitrogen and oxygen atoms in total. The SMILES string of the molecule is CC(C)(C)OC(=O)[SiH2]ON1C=CC=CC1. The minimum absolute atomic E-state index is 0.217. The Balaban J connectivity index is 2.22. The standard InChI is InChI=1S/C10H17NO3Si/c1-10(2,3)13-9(12)15-14-11-7-5-4-6-8-11/h4-7H,8,15H2,1-3H3. The van der Waals surface area contributed by atoms with Crippen molar-refractivity contribution >= 4 is 15.4 Å². The first-order valence-electron chi connectivity index (χ1n) is 4.92. The zero-order valence-corrected chi connectivity index (χ0v) is 10.8. The second-order valence-corrected chi connectivity index (χ2v) is 5.35. The maximum Gasteiger partial charge on any atom is 0.323 e. The Morgan fingerprint density at radius 2 is 2.13 bits per heavy atom. The number of allylic oxidation sites excluding steroid dienone is 2. The summed E-state index contributed by atoms with van der Waals surface area (Å²) in [5.41, 5.74) is -0.643. The Labute approximate surface area is 92.4 Å². The smallest absolute Gasteiger partial charge is 0.323 e. The Kier molecular flexibility index (Phi) is 4.11. The molecule has 1 heterocycles. The molecule has 5 heteroatoms. The lowest BCUT2D eigenvalue weighted by Gasteiger charge is -2.22. The summed E-state index contributed by atoms with van der Waals surface area (Å²) in [6.45, 7) is 6.24. The summed E-state index contributed by atoms with van der Waals surface area (Å²) in [7, 11) is -1.31. The van der Waals surface area contributed by atoms with Crippen LogP contribution in [0.2, 0.25) is 0 Å². The fraction of sp³-hybridized carbons (Fsp3) is 0.500. The van der Waals surface area contributed by atoms with Crippen molar-refractivity contribution in [2.24, 2.45) is 0 Å². The maximum atomic E-state index is 11.3. The molecular weight excluding hydrogens is 210 g/mol. The molecule has 0 spiro atoms. The molecule has 0 saturated heterocycles. The van der Waals surface area contributed by atoms with Crippen molar-refractivity contribution in [3.63, 3.8) is 0 Å². The van der Waals surface area contributed by atoms with E-state index in [4.69, 9.17) is 9.26 Å². The number of hydrogen-bond acceptors (Lipinski definition) is 4. The average Bonchev–Trinajstić information content (AvgIpc) is 2.14. The highest BCUT2D eigenvalue weighted by molar-refractivity contribution is 6.66. The zero-order chi connectivity index (χ0) is 11.3. The molecule has 0 amide bonds. The van der Waals surface area contributed by atoms with Crippen molar-refractivity contribution in [1.29, 1.82) is 0 Å². The van der Waals surface area contributed by atoms with Crippen LogP contribution in [0, 0.1) is 0 Å². The van der Waals surface area contributed by atoms with Gasteiger partial charge in [0, 0.05) is 6.20 Å². The molecule has 0 bridgehead atoms. The van der Waals surface area contributed by atoms with E-state index < -0.39 is 15.4 Å². The molecule has 0 aromatic carbocycles. The van der Waals surface area contributed by atoms with E-state index >= 15 is 0 Å². The highest BCUT2D eigenvalue weighted by atomic mass is 28.2. The fourth-order valence-electron chi connectivity index (χ4n) is 1.05. The summed E-state index contributed by atoms with van der Waals surface area (Å²) < 4.78 is 10.5. The molecule has 0 aromatic rings. The van der Waals surface area contributed by atoms with Crippen molar-refractivity contribution in [2.45, 2.75) is 26.4 Å². The summed E-state index contributed by atoms with van der Waals surface area (Å²) in [6, 6.07) is 0. The Bertz CT molecular complexity index is 281. The lowest BCUT2D eigenvalue weighted by atomic mass is 10.2. The normalized spacial score (nSPS) is 16.3. The van der Waals surface area contributed by atoms with Crippen LogP contribution < -0.4 is 0 Å². The van der Waals surface area contributed by atoms with E-state index in [0.717, 1.165) is 0 Å². The van der Waals surface area contributed by atoms with E-state index in [1.54, 1.807) is 11.3 Å². The van der Waals surface area contributed by atoms with E-state index in [1.165, 1.54) is 0 Å². The van der Waals surface area contributed by atoms with E-state index in [-0.39, 0.29) is 5.59 Å². The minimum atomic E-state index is -1.31. The molecule has 84 valence electrons. The minimum Gasteiger partial charge on any atom is -0.463 e. The molecule has 1 aliphatic heterocycles. The molecule has 0 radical (unpaired) electrons. The number of rotatable bonds is 3. The maximum absolute atomic E-state index is 11.3. The summed E-state index contributed by atoms with van der Waals surface area (Å²) in [4.78, 5) is 11.3. The van der Waals surface area contributed by atoms with Crippen LogP contribution in [0.15, 0.2) is 24.4 Å². The zero-order valence-electron chi connectivity index (χ0n) is 9.40. The number of hydrogen-bond donors (Lipinski definition) is 0. The van der Waals surface area contributed by atoms with Crippen molar-refractivity contribution < 1.29 is 14.1 Å². The van der Waals surface area contributed by atoms with Gasteiger partial charge in [0.15, 0.2) is 0 Å². The topological polar surface area (TPSA) is 38.8 Å². The van der Waals surface area contributed by atoms with Gasteiger partial charge in [0.2, 0.25) is 0 Å². The third-order valence-corrected chi connectivity index (χ3v) is 2.39. The molecule has 15 heavy (non-hydrogen) atoms. The lowest BCUT2D eigenvalue weighted by Crippen LogP contribution is -2.31. The van der Waals surface area contributed by atoms with Gasteiger partial charge in [-0.05, 0) is 26.8 Å². The summed E-state index contributed by atoms with van der Waals surface area (Å²) in [5, 5.41) is 1.65. The third-order valence-electron chi connectivity index (χ3n) is 1.55. The summed E-state index contributed by atoms with van der Waals surface area (Å²) >= 11 is 0. The van der Waals surface area contributed by atoms with Crippen molar-refractivity contribution in [3.8, 4) is 0 Å². The highest BCUT2D eigenvalue weighted by Crippen LogP contribution is 2.07. The van der Waals surface area contributed by atoms with Crippen LogP contribution in [0.25, 0.3) is 0 Å². The van der Waals surface area contributed by atoms with Gasteiger partial charge in [-0.3, -0.25) is 9.86 Å². The molecule has 1 rings (SSSR count). The molecule has 0 saturated carbocycles. The first-order valence-corrected chi connectivity index (χ1v) is 6.20. The van der Waals surface area contributed by atoms with E-state index in [1.807, 2.05) is 39.0 Å². The number of carbonyl (C=O) groups excluding carboxylic acids is 1. The van der Waals surface area contributed by atoms with E-state index in [9.17, 15) is 4.79 Å². The van der Waals surface area contributed by atoms with Crippen LogP contribution >= 0.6 is 0 Å². The van der Waals surface area contributed by atoms with Crippen molar-refractivity contribution in [1.82, 2.24) is 5.06 Å². The molecular formula is C10H17NO3Si. The number of hydroxylamine groups is 2. The van der Waals surface area contributed by atoms with Gasteiger partial charge in [-0.15, -0.1) is 0 Å². The van der Waals surface area contributed by atoms with Gasteiger partial charge in [-0.25, -0.2) is 0 Å². The predicted octanol–water partition coefficient (Wildman–Crippen LogP) is 1.32. The van der Waals surface area contributed by atoms with E-state index in [0.29, 0.717) is 6.54 Å². The van der Waals surface area contributed by atoms with Gasteiger partial charge in [-0.1, -0.05) is 12.2 Å². The first kappa shape index (κ1) is 12.0. The molecule has 1 aliphatic rings. The van der Waals surface area contributed by atoms with Crippen LogP contribution in [0.4, 0.5) is 4.79 Å². The quantitative estimate of drug-likeness (QED) is 0.682. The Morgan fingerprint density at radius 1 is 1.40 bits per heavy atom. The molecule has 0 unspecified atom stereocenters. The van der Waals surface area contributed by atoms with Crippen LogP contribution in [0.3, 0.4) is 0 Å². The number of carbonyl (C=O) groups is 1. The van der Waals surface area contributed by atoms with Crippen LogP contribution in [0.5, 0.6) is 0 Å². The van der Waals surface area contributed by atoms with Gasteiger partial charge in [-0.2, -0.15) is 0 Å². The number of nitrogens with zero attached hydrogens (tertiary/aromatic N) is 1. The average molecular weight is 227 g/mol. The van der Waals surface area contributed by atoms with Gasteiger partial charge in [0.1, 0.15) is 5.60 Å². The Hall–Kier alpha value is -1.07. The van der Waals surface area contributed by atoms with Crippen molar-refractivity contribution in [2.75, 3.05) is 6.54 Å². The molecule has 0 atom stereocenters. The van der Waals surface area contributed by atoms with Gasteiger partial charge in [0.05, 0.1) is 6.54 Å². The second kappa shape index (κ2) is 5.13. The van der Waals surface area contributed by atoms with E-state index in [2.05, 4.69) is 0 Å². The highest BCUT2D eigenvalue weighted by Gasteiger charge is 2.17. The van der Waals surface area contributed by atoms with Crippen LogP contribution in [0.1, 0.15) is 20.8 Å². The summed E-state index contributed by atoms with van der Waals surface area (Å²) in [5.74, 6) is 0. The largest absolute Gasteiger partial charge is 0.463 e. The molecule has 0 aromatic heterocycles. The first-order chi connectivity index (χ1) is 6.97. The van der Waals surface area contributed by atoms with Gasteiger partial charge < -0.3 is 9.26 Å². The predicted molar refractivity (Wildman–Crippen MR) is 60.8 cm³/mol. The third kappa shape index (κ3) is 5.39. The number of ether oxygens (including phenoxy) is 1. The van der Waals surface area contributed by atoms with Crippen molar-refractivity contribution in [3.05, 3.63) is 24.4 Å². The molecule has 0 aliphatic carbocycles. The molecule has 0 N–H and O–H groups in total. The van der Waals surface area contributed by atoms with Crippen LogP contribution in [-0.2, 0) is 9.26 Å². The summed E-state index contributed by atoms with van der Waals surface area (Å²) in [6.07, 6.45) is 7.57. The molecule has 0 fully saturated rings. The monoisotopic (exact) mass is 227 g/mol. The lowest BCUT2D eigenvalue weighted by molar-refractivity contribution is 0.00170. The van der Waals surface area contributed by atoms with Gasteiger partial charge >= 0.3 is 9.76 Å². The van der Waals surface area contributed by atoms with Gasteiger partial charge in [0.25, 0.3) is 5.59 Å². The fourth-order valence-corrected chi connectivity index (χ4v) is 2.01. The second-order valence-electron chi connectivity index (χ2n) is 4.23.